The number of halogens is 1. The zero-order valence-corrected chi connectivity index (χ0v) is 11.4. The molecule has 3 rings (SSSR count). The van der Waals surface area contributed by atoms with Gasteiger partial charge in [0.1, 0.15) is 11.5 Å². The van der Waals surface area contributed by atoms with Gasteiger partial charge in [0, 0.05) is 31.5 Å². The summed E-state index contributed by atoms with van der Waals surface area (Å²) >= 11 is 0. The zero-order chi connectivity index (χ0) is 14.7. The quantitative estimate of drug-likeness (QED) is 0.775. The summed E-state index contributed by atoms with van der Waals surface area (Å²) in [6, 6.07) is 7.88. The van der Waals surface area contributed by atoms with Crippen LogP contribution in [-0.4, -0.2) is 26.6 Å². The maximum Gasteiger partial charge on any atom is 0.224 e. The maximum absolute atomic E-state index is 12.8. The van der Waals surface area contributed by atoms with Crippen LogP contribution in [0, 0.1) is 5.82 Å². The minimum Gasteiger partial charge on any atom is -0.354 e. The smallest absolute Gasteiger partial charge is 0.224 e. The third-order valence-electron chi connectivity index (χ3n) is 3.28. The molecular weight excluding hydrogens is 271 g/mol. The van der Waals surface area contributed by atoms with Gasteiger partial charge in [-0.15, -0.1) is 0 Å². The normalized spacial score (nSPS) is 10.9. The second-order valence-corrected chi connectivity index (χ2v) is 4.78. The van der Waals surface area contributed by atoms with E-state index in [1.54, 1.807) is 22.8 Å². The zero-order valence-electron chi connectivity index (χ0n) is 11.4. The Hall–Kier alpha value is -2.63. The molecule has 0 aliphatic heterocycles. The summed E-state index contributed by atoms with van der Waals surface area (Å²) in [5.74, 6) is -0.366. The van der Waals surface area contributed by atoms with Crippen molar-refractivity contribution in [2.75, 3.05) is 6.54 Å². The number of nitrogens with one attached hydrogen (secondary N) is 1. The van der Waals surface area contributed by atoms with Crippen molar-refractivity contribution in [1.82, 2.24) is 19.5 Å². The number of hydrogen-bond acceptors (Lipinski definition) is 2. The van der Waals surface area contributed by atoms with Crippen molar-refractivity contribution in [2.45, 2.75) is 13.0 Å². The molecule has 0 aliphatic rings. The first kappa shape index (κ1) is 13.4. The summed E-state index contributed by atoms with van der Waals surface area (Å²) < 4.78 is 16.6. The summed E-state index contributed by atoms with van der Waals surface area (Å²) in [5, 5.41) is 6.98. The fourth-order valence-corrected chi connectivity index (χ4v) is 2.22. The largest absolute Gasteiger partial charge is 0.354 e. The van der Waals surface area contributed by atoms with Crippen molar-refractivity contribution in [2.24, 2.45) is 0 Å². The van der Waals surface area contributed by atoms with E-state index in [1.807, 2.05) is 23.0 Å². The molecule has 3 aromatic rings. The maximum atomic E-state index is 12.8. The van der Waals surface area contributed by atoms with Crippen molar-refractivity contribution in [3.63, 3.8) is 0 Å². The van der Waals surface area contributed by atoms with Crippen molar-refractivity contribution in [3.8, 4) is 0 Å². The van der Waals surface area contributed by atoms with Gasteiger partial charge in [-0.1, -0.05) is 12.1 Å². The Bertz CT molecular complexity index is 744. The predicted octanol–water partition coefficient (Wildman–Crippen LogP) is 1.63. The highest BCUT2D eigenvalue weighted by Crippen LogP contribution is 2.04. The first-order valence-corrected chi connectivity index (χ1v) is 6.72. The van der Waals surface area contributed by atoms with Crippen LogP contribution >= 0.6 is 0 Å². The molecule has 2 aromatic heterocycles. The first-order valence-electron chi connectivity index (χ1n) is 6.72. The Morgan fingerprint density at radius 2 is 2.00 bits per heavy atom. The number of nitrogens with zero attached hydrogens (tertiary/aromatic N) is 3. The topological polar surface area (TPSA) is 51.3 Å². The lowest BCUT2D eigenvalue weighted by atomic mass is 10.1. The lowest BCUT2D eigenvalue weighted by Crippen LogP contribution is -2.28. The number of carbonyl (C=O) groups is 1. The van der Waals surface area contributed by atoms with Crippen LogP contribution in [0.3, 0.4) is 0 Å². The van der Waals surface area contributed by atoms with E-state index in [4.69, 9.17) is 0 Å². The molecule has 0 saturated carbocycles. The van der Waals surface area contributed by atoms with Gasteiger partial charge in [-0.2, -0.15) is 5.10 Å². The molecule has 1 aromatic carbocycles. The molecule has 0 aliphatic carbocycles. The van der Waals surface area contributed by atoms with Gasteiger partial charge in [0.2, 0.25) is 5.91 Å². The number of carbonyl (C=O) groups excluding carboxylic acids is 1. The fourth-order valence-electron chi connectivity index (χ4n) is 2.22. The van der Waals surface area contributed by atoms with Crippen LogP contribution in [0.2, 0.25) is 0 Å². The number of imidazole rings is 1. The Kier molecular flexibility index (Phi) is 3.68. The lowest BCUT2D eigenvalue weighted by Gasteiger charge is -2.06. The van der Waals surface area contributed by atoms with Crippen LogP contribution in [0.1, 0.15) is 5.56 Å². The summed E-state index contributed by atoms with van der Waals surface area (Å²) in [4.78, 5) is 11.8. The standard InChI is InChI=1S/C15H15FN4O/c16-13-3-1-12(2-4-13)11-14(21)17-7-8-19-9-10-20-15(19)5-6-18-20/h1-6,9-10H,7-8,11H2,(H,17,21). The molecule has 0 radical (unpaired) electrons. The van der Waals surface area contributed by atoms with Gasteiger partial charge in [0.05, 0.1) is 12.6 Å². The van der Waals surface area contributed by atoms with Gasteiger partial charge in [0.25, 0.3) is 0 Å². The first-order chi connectivity index (χ1) is 10.2. The average molecular weight is 286 g/mol. The predicted molar refractivity (Wildman–Crippen MR) is 76.3 cm³/mol. The summed E-state index contributed by atoms with van der Waals surface area (Å²) in [7, 11) is 0. The van der Waals surface area contributed by atoms with E-state index in [1.165, 1.54) is 12.1 Å². The van der Waals surface area contributed by atoms with E-state index in [-0.39, 0.29) is 18.1 Å². The van der Waals surface area contributed by atoms with E-state index in [0.29, 0.717) is 13.1 Å². The summed E-state index contributed by atoms with van der Waals surface area (Å²) in [5.41, 5.74) is 1.79. The Labute approximate surface area is 121 Å². The fraction of sp³-hybridized carbons (Fsp3) is 0.200. The van der Waals surface area contributed by atoms with Crippen molar-refractivity contribution < 1.29 is 9.18 Å². The summed E-state index contributed by atoms with van der Waals surface area (Å²) in [6.45, 7) is 1.22. The highest BCUT2D eigenvalue weighted by molar-refractivity contribution is 5.78. The third kappa shape index (κ3) is 3.10. The number of amides is 1. The van der Waals surface area contributed by atoms with Gasteiger partial charge in [-0.05, 0) is 17.7 Å². The van der Waals surface area contributed by atoms with E-state index in [9.17, 15) is 9.18 Å². The van der Waals surface area contributed by atoms with Crippen LogP contribution in [0.25, 0.3) is 5.65 Å². The van der Waals surface area contributed by atoms with Crippen molar-refractivity contribution in [3.05, 3.63) is 60.3 Å². The Morgan fingerprint density at radius 1 is 1.19 bits per heavy atom. The molecule has 21 heavy (non-hydrogen) atoms. The number of aromatic nitrogens is 3. The second kappa shape index (κ2) is 5.78. The van der Waals surface area contributed by atoms with Gasteiger partial charge < -0.3 is 9.88 Å². The molecule has 108 valence electrons. The molecule has 0 saturated heterocycles. The minimum absolute atomic E-state index is 0.0710. The highest BCUT2D eigenvalue weighted by atomic mass is 19.1. The van der Waals surface area contributed by atoms with E-state index in [0.717, 1.165) is 11.2 Å². The van der Waals surface area contributed by atoms with Crippen LogP contribution in [-0.2, 0) is 17.8 Å². The summed E-state index contributed by atoms with van der Waals surface area (Å²) in [6.07, 6.45) is 5.79. The van der Waals surface area contributed by atoms with Gasteiger partial charge >= 0.3 is 0 Å². The van der Waals surface area contributed by atoms with Crippen LogP contribution < -0.4 is 5.32 Å². The monoisotopic (exact) mass is 286 g/mol. The highest BCUT2D eigenvalue weighted by Gasteiger charge is 2.04. The molecule has 0 unspecified atom stereocenters. The second-order valence-electron chi connectivity index (χ2n) is 4.78. The number of benzene rings is 1. The van der Waals surface area contributed by atoms with E-state index < -0.39 is 0 Å². The van der Waals surface area contributed by atoms with E-state index in [2.05, 4.69) is 10.4 Å². The minimum atomic E-state index is -0.295. The van der Waals surface area contributed by atoms with Gasteiger partial charge in [-0.25, -0.2) is 8.91 Å². The number of rotatable bonds is 5. The number of hydrogen-bond donors (Lipinski definition) is 1. The van der Waals surface area contributed by atoms with Gasteiger partial charge in [0.15, 0.2) is 0 Å². The molecule has 1 N–H and O–H groups in total. The lowest BCUT2D eigenvalue weighted by molar-refractivity contribution is -0.120. The molecule has 5 nitrogen and oxygen atoms in total. The molecule has 2 heterocycles. The molecule has 0 fully saturated rings. The van der Waals surface area contributed by atoms with Crippen LogP contribution in [0.5, 0.6) is 0 Å². The average Bonchev–Trinajstić information content (AvgIpc) is 3.06. The van der Waals surface area contributed by atoms with Gasteiger partial charge in [-0.3, -0.25) is 4.79 Å². The molecule has 0 bridgehead atoms. The Balaban J connectivity index is 1.50. The van der Waals surface area contributed by atoms with Crippen molar-refractivity contribution in [1.29, 1.82) is 0 Å². The number of fused-ring (bicyclic) bond motifs is 1. The molecule has 0 atom stereocenters. The van der Waals surface area contributed by atoms with Crippen molar-refractivity contribution >= 4 is 11.6 Å². The molecular formula is C15H15FN4O. The molecule has 6 heteroatoms. The SMILES string of the molecule is O=C(Cc1ccc(F)cc1)NCCn1ccn2nccc12. The molecule has 1 amide bonds. The van der Waals surface area contributed by atoms with Crippen LogP contribution in [0.4, 0.5) is 4.39 Å². The van der Waals surface area contributed by atoms with Crippen LogP contribution in [0.15, 0.2) is 48.9 Å². The third-order valence-corrected chi connectivity index (χ3v) is 3.28. The van der Waals surface area contributed by atoms with E-state index >= 15 is 0 Å². The molecule has 0 spiro atoms. The Morgan fingerprint density at radius 3 is 2.81 bits per heavy atom.